The van der Waals surface area contributed by atoms with Crippen LogP contribution in [0.5, 0.6) is 0 Å². The van der Waals surface area contributed by atoms with Gasteiger partial charge in [0.15, 0.2) is 5.69 Å². The van der Waals surface area contributed by atoms with Gasteiger partial charge in [0.25, 0.3) is 0 Å². The van der Waals surface area contributed by atoms with E-state index in [1.807, 2.05) is 0 Å². The molecule has 2 aromatic carbocycles. The number of rotatable bonds is 5. The zero-order chi connectivity index (χ0) is 21.9. The van der Waals surface area contributed by atoms with Crippen LogP contribution in [0.25, 0.3) is 5.69 Å². The Morgan fingerprint density at radius 1 is 1.10 bits per heavy atom. The second kappa shape index (κ2) is 8.49. The molecular weight excluding hydrogens is 411 g/mol. The van der Waals surface area contributed by atoms with Crippen molar-refractivity contribution in [3.8, 4) is 5.69 Å². The van der Waals surface area contributed by atoms with Crippen molar-refractivity contribution in [3.05, 3.63) is 77.1 Å². The van der Waals surface area contributed by atoms with Crippen molar-refractivity contribution in [3.63, 3.8) is 0 Å². The Kier molecular flexibility index (Phi) is 6.01. The molecule has 1 heterocycles. The number of aliphatic hydroxyl groups excluding tert-OH is 1. The van der Waals surface area contributed by atoms with Crippen molar-refractivity contribution in [2.24, 2.45) is 0 Å². The number of carbonyl (C=O) groups excluding carboxylic acids is 1. The monoisotopic (exact) mass is 426 g/mol. The second-order valence-corrected chi connectivity index (χ2v) is 6.18. The molecule has 11 heteroatoms. The van der Waals surface area contributed by atoms with Gasteiger partial charge in [0.2, 0.25) is 0 Å². The highest BCUT2D eigenvalue weighted by Crippen LogP contribution is 2.29. The zero-order valence-electron chi connectivity index (χ0n) is 15.2. The van der Waals surface area contributed by atoms with Crippen LogP contribution in [0.4, 0.5) is 32.4 Å². The topological polar surface area (TPSA) is 79.2 Å². The van der Waals surface area contributed by atoms with Crippen LogP contribution in [0.1, 0.15) is 17.0 Å². The average Bonchev–Trinajstić information content (AvgIpc) is 3.11. The Labute approximate surface area is 166 Å². The van der Waals surface area contributed by atoms with Crippen LogP contribution < -0.4 is 10.6 Å². The lowest BCUT2D eigenvalue weighted by Gasteiger charge is -2.10. The van der Waals surface area contributed by atoms with Crippen molar-refractivity contribution in [2.45, 2.75) is 19.3 Å². The fourth-order valence-electron chi connectivity index (χ4n) is 2.62. The number of halogens is 5. The van der Waals surface area contributed by atoms with Gasteiger partial charge in [-0.1, -0.05) is 12.1 Å². The van der Waals surface area contributed by atoms with Crippen molar-refractivity contribution in [1.29, 1.82) is 0 Å². The summed E-state index contributed by atoms with van der Waals surface area (Å²) < 4.78 is 67.2. The van der Waals surface area contributed by atoms with Crippen LogP contribution in [0.3, 0.4) is 0 Å². The molecule has 2 amide bonds. The van der Waals surface area contributed by atoms with Crippen molar-refractivity contribution >= 4 is 11.7 Å². The zero-order valence-corrected chi connectivity index (χ0v) is 15.2. The highest BCUT2D eigenvalue weighted by molar-refractivity contribution is 5.89. The molecule has 0 spiro atoms. The molecule has 0 aliphatic rings. The largest absolute Gasteiger partial charge is 0.435 e. The minimum atomic E-state index is -4.73. The van der Waals surface area contributed by atoms with E-state index in [9.17, 15) is 26.7 Å². The summed E-state index contributed by atoms with van der Waals surface area (Å²) in [6.45, 7) is -0.882. The number of anilines is 1. The summed E-state index contributed by atoms with van der Waals surface area (Å²) in [5.74, 6) is -1.39. The first kappa shape index (κ1) is 21.2. The Morgan fingerprint density at radius 3 is 2.50 bits per heavy atom. The van der Waals surface area contributed by atoms with E-state index >= 15 is 0 Å². The number of nitrogens with one attached hydrogen (secondary N) is 2. The van der Waals surface area contributed by atoms with Crippen LogP contribution in [-0.4, -0.2) is 20.9 Å². The average molecular weight is 426 g/mol. The van der Waals surface area contributed by atoms with Crippen molar-refractivity contribution < 1.29 is 31.9 Å². The third-order valence-corrected chi connectivity index (χ3v) is 4.04. The second-order valence-electron chi connectivity index (χ2n) is 6.18. The molecule has 1 aromatic heterocycles. The Morgan fingerprint density at radius 2 is 1.87 bits per heavy atom. The molecule has 0 fully saturated rings. The first-order valence-electron chi connectivity index (χ1n) is 8.53. The molecule has 0 saturated heterocycles. The van der Waals surface area contributed by atoms with E-state index in [4.69, 9.17) is 5.11 Å². The molecular formula is C19H15F5N4O2. The first-order chi connectivity index (χ1) is 14.2. The lowest BCUT2D eigenvalue weighted by atomic mass is 10.2. The number of amides is 2. The lowest BCUT2D eigenvalue weighted by Crippen LogP contribution is -2.29. The van der Waals surface area contributed by atoms with E-state index < -0.39 is 36.1 Å². The number of carbonyl (C=O) groups is 1. The van der Waals surface area contributed by atoms with Crippen molar-refractivity contribution in [2.75, 3.05) is 5.32 Å². The maximum atomic E-state index is 13.7. The number of nitrogens with zero attached hydrogens (tertiary/aromatic N) is 2. The fraction of sp³-hybridized carbons (Fsp3) is 0.158. The number of aromatic nitrogens is 2. The number of hydrogen-bond acceptors (Lipinski definition) is 3. The van der Waals surface area contributed by atoms with Crippen LogP contribution in [0, 0.1) is 11.6 Å². The molecule has 3 aromatic rings. The summed E-state index contributed by atoms with van der Waals surface area (Å²) in [7, 11) is 0. The predicted molar refractivity (Wildman–Crippen MR) is 96.7 cm³/mol. The lowest BCUT2D eigenvalue weighted by molar-refractivity contribution is -0.141. The number of benzene rings is 2. The van der Waals surface area contributed by atoms with Gasteiger partial charge in [0.1, 0.15) is 11.6 Å². The first-order valence-corrected chi connectivity index (χ1v) is 8.53. The molecule has 0 bridgehead atoms. The smallest absolute Gasteiger partial charge is 0.392 e. The third kappa shape index (κ3) is 4.92. The molecule has 158 valence electrons. The number of urea groups is 1. The third-order valence-electron chi connectivity index (χ3n) is 4.04. The van der Waals surface area contributed by atoms with Gasteiger partial charge in [-0.15, -0.1) is 0 Å². The maximum absolute atomic E-state index is 13.7. The maximum Gasteiger partial charge on any atom is 0.435 e. The standard InChI is InChI=1S/C19H15F5N4O2/c20-12-2-1-3-14(6-12)28-15(8-17(27-28)19(22,23)24)9-25-18(30)26-13-5-4-11(10-29)16(21)7-13/h1-8,29H,9-10H2,(H2,25,26,30). The van der Waals surface area contributed by atoms with Gasteiger partial charge in [-0.3, -0.25) is 0 Å². The molecule has 30 heavy (non-hydrogen) atoms. The Bertz CT molecular complexity index is 1070. The fourth-order valence-corrected chi connectivity index (χ4v) is 2.62. The molecule has 6 nitrogen and oxygen atoms in total. The van der Waals surface area contributed by atoms with Crippen LogP contribution in [0.2, 0.25) is 0 Å². The van der Waals surface area contributed by atoms with Gasteiger partial charge in [-0.05, 0) is 36.4 Å². The predicted octanol–water partition coefficient (Wildman–Crippen LogP) is 3.98. The molecule has 3 N–H and O–H groups in total. The molecule has 0 radical (unpaired) electrons. The number of alkyl halides is 3. The SMILES string of the molecule is O=C(NCc1cc(C(F)(F)F)nn1-c1cccc(F)c1)Nc1ccc(CO)c(F)c1. The van der Waals surface area contributed by atoms with Crippen LogP contribution >= 0.6 is 0 Å². The quantitative estimate of drug-likeness (QED) is 0.540. The number of hydrogen-bond donors (Lipinski definition) is 3. The van der Waals surface area contributed by atoms with E-state index in [2.05, 4.69) is 15.7 Å². The van der Waals surface area contributed by atoms with Crippen molar-refractivity contribution in [1.82, 2.24) is 15.1 Å². The summed E-state index contributed by atoms with van der Waals surface area (Å²) in [6, 6.07) is 8.36. The van der Waals surface area contributed by atoms with E-state index in [0.29, 0.717) is 0 Å². The molecule has 0 aliphatic carbocycles. The normalized spacial score (nSPS) is 11.4. The van der Waals surface area contributed by atoms with Crippen LogP contribution in [0.15, 0.2) is 48.5 Å². The minimum absolute atomic E-state index is 0.0413. The molecule has 0 saturated carbocycles. The van der Waals surface area contributed by atoms with E-state index in [-0.39, 0.29) is 29.2 Å². The van der Waals surface area contributed by atoms with Crippen LogP contribution in [-0.2, 0) is 19.3 Å². The Balaban J connectivity index is 1.77. The minimum Gasteiger partial charge on any atom is -0.392 e. The van der Waals surface area contributed by atoms with E-state index in [1.54, 1.807) is 0 Å². The number of aliphatic hydroxyl groups is 1. The molecule has 0 aliphatic heterocycles. The summed E-state index contributed by atoms with van der Waals surface area (Å²) in [5.41, 5.74) is -1.09. The summed E-state index contributed by atoms with van der Waals surface area (Å²) >= 11 is 0. The van der Waals surface area contributed by atoms with Gasteiger partial charge < -0.3 is 15.7 Å². The summed E-state index contributed by atoms with van der Waals surface area (Å²) in [4.78, 5) is 12.1. The van der Waals surface area contributed by atoms with E-state index in [1.165, 1.54) is 24.3 Å². The highest BCUT2D eigenvalue weighted by Gasteiger charge is 2.35. The summed E-state index contributed by atoms with van der Waals surface area (Å²) in [6.07, 6.45) is -4.73. The van der Waals surface area contributed by atoms with Gasteiger partial charge in [0, 0.05) is 11.3 Å². The van der Waals surface area contributed by atoms with E-state index in [0.717, 1.165) is 28.9 Å². The highest BCUT2D eigenvalue weighted by atomic mass is 19.4. The summed E-state index contributed by atoms with van der Waals surface area (Å²) in [5, 5.41) is 17.1. The van der Waals surface area contributed by atoms with Gasteiger partial charge >= 0.3 is 12.2 Å². The van der Waals surface area contributed by atoms with Gasteiger partial charge in [-0.2, -0.15) is 18.3 Å². The van der Waals surface area contributed by atoms with Gasteiger partial charge in [0.05, 0.1) is 24.5 Å². The molecule has 0 unspecified atom stereocenters. The Hall–Kier alpha value is -3.47. The molecule has 3 rings (SSSR count). The molecule has 0 atom stereocenters. The van der Waals surface area contributed by atoms with Gasteiger partial charge in [-0.25, -0.2) is 18.3 Å².